The van der Waals surface area contributed by atoms with Crippen LogP contribution in [0.1, 0.15) is 30.0 Å². The number of carbonyl (C=O) groups is 3. The highest BCUT2D eigenvalue weighted by molar-refractivity contribution is 6.50. The number of benzene rings is 2. The van der Waals surface area contributed by atoms with E-state index in [0.29, 0.717) is 43.0 Å². The quantitative estimate of drug-likeness (QED) is 0.361. The summed E-state index contributed by atoms with van der Waals surface area (Å²) in [5.74, 6) is -2.27. The number of para-hydroxylation sites is 1. The maximum absolute atomic E-state index is 14.2. The minimum absolute atomic E-state index is 0.150. The van der Waals surface area contributed by atoms with Crippen molar-refractivity contribution >= 4 is 29.0 Å². The van der Waals surface area contributed by atoms with Gasteiger partial charge in [0.1, 0.15) is 18.8 Å². The smallest absolute Gasteiger partial charge is 0.296 e. The van der Waals surface area contributed by atoms with Crippen LogP contribution in [0.2, 0.25) is 0 Å². The molecule has 36 heavy (non-hydrogen) atoms. The normalized spacial score (nSPS) is 23.7. The van der Waals surface area contributed by atoms with Crippen LogP contribution in [0.25, 0.3) is 5.76 Å². The third-order valence-corrected chi connectivity index (χ3v) is 7.56. The zero-order valence-corrected chi connectivity index (χ0v) is 20.8. The summed E-state index contributed by atoms with van der Waals surface area (Å²) in [7, 11) is 0. The third-order valence-electron chi connectivity index (χ3n) is 7.56. The number of amides is 2. The van der Waals surface area contributed by atoms with E-state index in [1.54, 1.807) is 29.2 Å². The van der Waals surface area contributed by atoms with Crippen molar-refractivity contribution < 1.29 is 29.1 Å². The SMILES string of the molecule is CCN1C(=O)[C@]2(C(=C(O)c3ccc(C)cc3)C(=O)C(=O)N2CCC[NH+]2CCOCC2)c2ccccc21. The van der Waals surface area contributed by atoms with Gasteiger partial charge in [0.2, 0.25) is 0 Å². The van der Waals surface area contributed by atoms with Gasteiger partial charge in [0.25, 0.3) is 17.6 Å². The monoisotopic (exact) mass is 490 g/mol. The number of hydrogen-bond acceptors (Lipinski definition) is 5. The number of nitrogens with zero attached hydrogens (tertiary/aromatic N) is 2. The molecule has 2 N–H and O–H groups in total. The van der Waals surface area contributed by atoms with Gasteiger partial charge < -0.3 is 24.5 Å². The third kappa shape index (κ3) is 3.63. The van der Waals surface area contributed by atoms with Gasteiger partial charge >= 0.3 is 0 Å². The number of ketones is 1. The number of aliphatic hydroxyl groups is 1. The van der Waals surface area contributed by atoms with Crippen LogP contribution in [-0.2, 0) is 24.7 Å². The summed E-state index contributed by atoms with van der Waals surface area (Å²) < 4.78 is 5.44. The van der Waals surface area contributed by atoms with Gasteiger partial charge in [0, 0.05) is 30.6 Å². The van der Waals surface area contributed by atoms with Crippen molar-refractivity contribution in [2.75, 3.05) is 50.8 Å². The Morgan fingerprint density at radius 3 is 2.44 bits per heavy atom. The topological polar surface area (TPSA) is 91.6 Å². The first-order chi connectivity index (χ1) is 17.4. The fraction of sp³-hybridized carbons (Fsp3) is 0.393. The Bertz CT molecular complexity index is 1230. The molecular formula is C28H32N3O5+. The first-order valence-corrected chi connectivity index (χ1v) is 12.6. The van der Waals surface area contributed by atoms with Crippen LogP contribution in [0.4, 0.5) is 5.69 Å². The van der Waals surface area contributed by atoms with Crippen LogP contribution < -0.4 is 9.80 Å². The lowest BCUT2D eigenvalue weighted by Crippen LogP contribution is -3.14. The van der Waals surface area contributed by atoms with Gasteiger partial charge in [-0.2, -0.15) is 0 Å². The van der Waals surface area contributed by atoms with Crippen molar-refractivity contribution in [2.24, 2.45) is 0 Å². The lowest BCUT2D eigenvalue weighted by molar-refractivity contribution is -0.908. The minimum Gasteiger partial charge on any atom is -0.507 e. The van der Waals surface area contributed by atoms with Gasteiger partial charge in [0.15, 0.2) is 5.54 Å². The summed E-state index contributed by atoms with van der Waals surface area (Å²) in [6.45, 7) is 8.39. The van der Waals surface area contributed by atoms with Crippen LogP contribution in [0.3, 0.4) is 0 Å². The van der Waals surface area contributed by atoms with E-state index in [2.05, 4.69) is 0 Å². The molecule has 2 amide bonds. The average Bonchev–Trinajstić information content (AvgIpc) is 3.27. The van der Waals surface area contributed by atoms with Crippen LogP contribution in [0.15, 0.2) is 54.1 Å². The van der Waals surface area contributed by atoms with Gasteiger partial charge in [-0.25, -0.2) is 0 Å². The van der Waals surface area contributed by atoms with Gasteiger partial charge in [-0.15, -0.1) is 0 Å². The maximum atomic E-state index is 14.2. The first kappa shape index (κ1) is 24.2. The number of anilines is 1. The summed E-state index contributed by atoms with van der Waals surface area (Å²) in [6.07, 6.45) is 0.621. The number of morpholine rings is 1. The van der Waals surface area contributed by atoms with Gasteiger partial charge in [-0.1, -0.05) is 48.0 Å². The molecule has 3 aliphatic rings. The second-order valence-electron chi connectivity index (χ2n) is 9.62. The summed E-state index contributed by atoms with van der Waals surface area (Å²) >= 11 is 0. The maximum Gasteiger partial charge on any atom is 0.296 e. The molecule has 0 saturated carbocycles. The van der Waals surface area contributed by atoms with Crippen molar-refractivity contribution in [1.82, 2.24) is 4.90 Å². The molecule has 8 heteroatoms. The fourth-order valence-corrected chi connectivity index (χ4v) is 5.73. The van der Waals surface area contributed by atoms with Gasteiger partial charge in [-0.05, 0) is 19.9 Å². The largest absolute Gasteiger partial charge is 0.507 e. The van der Waals surface area contributed by atoms with E-state index in [0.717, 1.165) is 25.2 Å². The Kier molecular flexibility index (Phi) is 6.40. The number of likely N-dealkylation sites (tertiary alicyclic amines) is 1. The van der Waals surface area contributed by atoms with Crippen molar-refractivity contribution in [3.8, 4) is 0 Å². The second-order valence-corrected chi connectivity index (χ2v) is 9.62. The van der Waals surface area contributed by atoms with E-state index in [1.807, 2.05) is 38.1 Å². The van der Waals surface area contributed by atoms with Crippen molar-refractivity contribution in [3.63, 3.8) is 0 Å². The predicted octanol–water partition coefficient (Wildman–Crippen LogP) is 1.24. The number of quaternary nitrogens is 1. The van der Waals surface area contributed by atoms with Crippen molar-refractivity contribution in [2.45, 2.75) is 25.8 Å². The number of aryl methyl sites for hydroxylation is 1. The molecule has 5 rings (SSSR count). The number of ether oxygens (including phenoxy) is 1. The summed E-state index contributed by atoms with van der Waals surface area (Å²) in [5.41, 5.74) is 0.774. The molecule has 0 radical (unpaired) electrons. The number of Topliss-reactive ketones (excluding diaryl/α,β-unsaturated/α-hetero) is 1. The Labute approximate surface area is 210 Å². The summed E-state index contributed by atoms with van der Waals surface area (Å²) in [4.78, 5) is 45.7. The highest BCUT2D eigenvalue weighted by atomic mass is 16.5. The molecule has 2 aromatic rings. The van der Waals surface area contributed by atoms with Crippen molar-refractivity contribution in [1.29, 1.82) is 0 Å². The number of nitrogens with one attached hydrogen (secondary N) is 1. The highest BCUT2D eigenvalue weighted by Gasteiger charge is 2.66. The van der Waals surface area contributed by atoms with Crippen LogP contribution in [0, 0.1) is 6.92 Å². The molecule has 2 fully saturated rings. The average molecular weight is 491 g/mol. The molecule has 188 valence electrons. The van der Waals surface area contributed by atoms with Crippen LogP contribution in [0.5, 0.6) is 0 Å². The van der Waals surface area contributed by atoms with Gasteiger partial charge in [-0.3, -0.25) is 14.4 Å². The molecule has 2 aromatic carbocycles. The Morgan fingerprint density at radius 2 is 1.75 bits per heavy atom. The minimum atomic E-state index is -1.68. The molecule has 3 heterocycles. The predicted molar refractivity (Wildman–Crippen MR) is 135 cm³/mol. The number of likely N-dealkylation sites (N-methyl/N-ethyl adjacent to an activating group) is 1. The first-order valence-electron chi connectivity index (χ1n) is 12.6. The standard InChI is InChI=1S/C28H31N3O5/c1-3-30-22-8-5-4-7-21(22)28(27(30)35)23(24(32)20-11-9-19(2)10-12-20)25(33)26(34)31(28)14-6-13-29-15-17-36-18-16-29/h4-5,7-12,32H,3,6,13-18H2,1-2H3/p+1/t28-/m1/s1. The Hall–Kier alpha value is -3.49. The molecule has 1 atom stereocenters. The fourth-order valence-electron chi connectivity index (χ4n) is 5.73. The molecule has 0 unspecified atom stereocenters. The van der Waals surface area contributed by atoms with Crippen LogP contribution >= 0.6 is 0 Å². The number of fused-ring (bicyclic) bond motifs is 2. The molecule has 8 nitrogen and oxygen atoms in total. The van der Waals surface area contributed by atoms with Crippen molar-refractivity contribution in [3.05, 3.63) is 70.8 Å². The lowest BCUT2D eigenvalue weighted by Gasteiger charge is -2.35. The van der Waals surface area contributed by atoms with E-state index < -0.39 is 17.2 Å². The molecule has 2 saturated heterocycles. The Balaban J connectivity index is 1.64. The van der Waals surface area contributed by atoms with E-state index in [4.69, 9.17) is 4.74 Å². The Morgan fingerprint density at radius 1 is 1.06 bits per heavy atom. The number of hydrogen-bond donors (Lipinski definition) is 2. The molecule has 0 bridgehead atoms. The number of carbonyl (C=O) groups excluding carboxylic acids is 3. The summed E-state index contributed by atoms with van der Waals surface area (Å²) in [5, 5.41) is 11.5. The van der Waals surface area contributed by atoms with E-state index in [9.17, 15) is 19.5 Å². The second kappa shape index (κ2) is 9.52. The molecule has 0 aromatic heterocycles. The molecule has 1 spiro atoms. The highest BCUT2D eigenvalue weighted by Crippen LogP contribution is 2.53. The van der Waals surface area contributed by atoms with E-state index in [-0.39, 0.29) is 23.8 Å². The zero-order valence-electron chi connectivity index (χ0n) is 20.8. The molecular weight excluding hydrogens is 458 g/mol. The number of aliphatic hydroxyl groups excluding tert-OH is 1. The van der Waals surface area contributed by atoms with E-state index >= 15 is 0 Å². The number of rotatable bonds is 6. The van der Waals surface area contributed by atoms with Gasteiger partial charge in [0.05, 0.1) is 31.0 Å². The summed E-state index contributed by atoms with van der Waals surface area (Å²) in [6, 6.07) is 14.3. The molecule has 0 aliphatic carbocycles. The lowest BCUT2D eigenvalue weighted by atomic mass is 9.81. The van der Waals surface area contributed by atoms with E-state index in [1.165, 1.54) is 9.80 Å². The zero-order chi connectivity index (χ0) is 25.4. The van der Waals surface area contributed by atoms with Crippen LogP contribution in [-0.4, -0.2) is 73.5 Å². The molecule has 3 aliphatic heterocycles.